The molecule has 0 spiro atoms. The molecule has 0 aromatic carbocycles. The normalized spacial score (nSPS) is 11.9. The number of amides is 1. The van der Waals surface area contributed by atoms with E-state index in [1.165, 1.54) is 24.4 Å². The van der Waals surface area contributed by atoms with Crippen LogP contribution in [-0.2, 0) is 4.79 Å². The molecule has 0 bridgehead atoms. The Kier molecular flexibility index (Phi) is 3.97. The first kappa shape index (κ1) is 11.4. The number of hydrogen-bond donors (Lipinski definition) is 1. The molecule has 1 amide bonds. The van der Waals surface area contributed by atoms with Crippen molar-refractivity contribution >= 4 is 5.91 Å². The van der Waals surface area contributed by atoms with Crippen LogP contribution in [0.5, 0.6) is 0 Å². The Bertz CT molecular complexity index is 365. The molecular weight excluding hydrogens is 195 g/mol. The highest BCUT2D eigenvalue weighted by molar-refractivity contribution is 5.86. The minimum absolute atomic E-state index is 0.157. The first-order valence-electron chi connectivity index (χ1n) is 4.66. The Morgan fingerprint density at radius 3 is 3.13 bits per heavy atom. The third-order valence-electron chi connectivity index (χ3n) is 2.02. The number of nitrogens with one attached hydrogen (secondary N) is 1. The minimum atomic E-state index is -0.349. The zero-order valence-electron chi connectivity index (χ0n) is 8.53. The number of halogens is 1. The zero-order valence-corrected chi connectivity index (χ0v) is 8.53. The fraction of sp³-hybridized carbons (Fsp3) is 0.273. The maximum atomic E-state index is 13.3. The second-order valence-corrected chi connectivity index (χ2v) is 3.22. The van der Waals surface area contributed by atoms with Gasteiger partial charge in [0.05, 0.1) is 5.69 Å². The highest BCUT2D eigenvalue weighted by atomic mass is 19.1. The third-order valence-corrected chi connectivity index (χ3v) is 2.02. The molecule has 1 heterocycles. The average molecular weight is 208 g/mol. The molecule has 1 aromatic rings. The van der Waals surface area contributed by atoms with Gasteiger partial charge in [-0.1, -0.05) is 13.5 Å². The van der Waals surface area contributed by atoms with Crippen molar-refractivity contribution < 1.29 is 9.18 Å². The minimum Gasteiger partial charge on any atom is -0.352 e. The summed E-state index contributed by atoms with van der Waals surface area (Å²) in [7, 11) is 0. The van der Waals surface area contributed by atoms with Gasteiger partial charge in [-0.2, -0.15) is 0 Å². The van der Waals surface area contributed by atoms with Gasteiger partial charge < -0.3 is 5.32 Å². The number of hydrogen-bond acceptors (Lipinski definition) is 2. The Hall–Kier alpha value is -1.71. The van der Waals surface area contributed by atoms with E-state index in [2.05, 4.69) is 16.9 Å². The summed E-state index contributed by atoms with van der Waals surface area (Å²) in [5.41, 5.74) is 0.363. The lowest BCUT2D eigenvalue weighted by atomic mass is 10.1. The van der Waals surface area contributed by atoms with Crippen LogP contribution in [-0.4, -0.2) is 17.4 Å². The standard InChI is InChI=1S/C11H13FN2O/c1-3-10(15)14-7-8(2)11-9(12)5-4-6-13-11/h3-6,8H,1,7H2,2H3,(H,14,15). The maximum absolute atomic E-state index is 13.3. The smallest absolute Gasteiger partial charge is 0.243 e. The lowest BCUT2D eigenvalue weighted by Gasteiger charge is -2.11. The van der Waals surface area contributed by atoms with E-state index in [0.717, 1.165) is 0 Å². The second kappa shape index (κ2) is 5.24. The lowest BCUT2D eigenvalue weighted by Crippen LogP contribution is -2.26. The molecule has 80 valence electrons. The highest BCUT2D eigenvalue weighted by Crippen LogP contribution is 2.14. The molecule has 0 radical (unpaired) electrons. The molecule has 4 heteroatoms. The van der Waals surface area contributed by atoms with Gasteiger partial charge in [0, 0.05) is 18.7 Å². The van der Waals surface area contributed by atoms with Crippen molar-refractivity contribution in [1.82, 2.24) is 10.3 Å². The van der Waals surface area contributed by atoms with Crippen LogP contribution in [0.1, 0.15) is 18.5 Å². The fourth-order valence-electron chi connectivity index (χ4n) is 1.18. The quantitative estimate of drug-likeness (QED) is 0.764. The Balaban J connectivity index is 2.61. The molecule has 1 atom stereocenters. The van der Waals surface area contributed by atoms with E-state index < -0.39 is 0 Å². The molecule has 0 aliphatic carbocycles. The van der Waals surface area contributed by atoms with Gasteiger partial charge >= 0.3 is 0 Å². The van der Waals surface area contributed by atoms with E-state index in [1.54, 1.807) is 6.92 Å². The van der Waals surface area contributed by atoms with Gasteiger partial charge in [0.15, 0.2) is 0 Å². The van der Waals surface area contributed by atoms with Crippen LogP contribution < -0.4 is 5.32 Å². The summed E-state index contributed by atoms with van der Waals surface area (Å²) in [6, 6.07) is 2.89. The van der Waals surface area contributed by atoms with E-state index in [9.17, 15) is 9.18 Å². The summed E-state index contributed by atoms with van der Waals surface area (Å²) in [6.45, 7) is 5.47. The van der Waals surface area contributed by atoms with E-state index in [-0.39, 0.29) is 17.6 Å². The molecule has 0 aliphatic rings. The van der Waals surface area contributed by atoms with Crippen LogP contribution in [0, 0.1) is 5.82 Å². The van der Waals surface area contributed by atoms with E-state index in [1.807, 2.05) is 0 Å². The van der Waals surface area contributed by atoms with Gasteiger partial charge in [-0.05, 0) is 18.2 Å². The predicted octanol–water partition coefficient (Wildman–Crippen LogP) is 1.63. The van der Waals surface area contributed by atoms with Crippen LogP contribution >= 0.6 is 0 Å². The number of carbonyl (C=O) groups is 1. The fourth-order valence-corrected chi connectivity index (χ4v) is 1.18. The molecular formula is C11H13FN2O. The lowest BCUT2D eigenvalue weighted by molar-refractivity contribution is -0.116. The van der Waals surface area contributed by atoms with Gasteiger partial charge in [0.25, 0.3) is 0 Å². The number of carbonyl (C=O) groups excluding carboxylic acids is 1. The number of rotatable bonds is 4. The monoisotopic (exact) mass is 208 g/mol. The van der Waals surface area contributed by atoms with Crippen LogP contribution in [0.15, 0.2) is 31.0 Å². The number of nitrogens with zero attached hydrogens (tertiary/aromatic N) is 1. The summed E-state index contributed by atoms with van der Waals surface area (Å²) < 4.78 is 13.3. The van der Waals surface area contributed by atoms with Crippen molar-refractivity contribution in [2.24, 2.45) is 0 Å². The molecule has 0 saturated carbocycles. The number of aromatic nitrogens is 1. The van der Waals surface area contributed by atoms with Crippen molar-refractivity contribution in [2.45, 2.75) is 12.8 Å². The summed E-state index contributed by atoms with van der Waals surface area (Å²) in [6.07, 6.45) is 2.71. The molecule has 15 heavy (non-hydrogen) atoms. The molecule has 1 unspecified atom stereocenters. The summed E-state index contributed by atoms with van der Waals surface area (Å²) in [5.74, 6) is -0.772. The molecule has 1 N–H and O–H groups in total. The van der Waals surface area contributed by atoms with Crippen LogP contribution in [0.25, 0.3) is 0 Å². The van der Waals surface area contributed by atoms with Crippen molar-refractivity contribution in [3.63, 3.8) is 0 Å². The van der Waals surface area contributed by atoms with Gasteiger partial charge in [-0.15, -0.1) is 0 Å². The van der Waals surface area contributed by atoms with Crippen LogP contribution in [0.4, 0.5) is 4.39 Å². The SMILES string of the molecule is C=CC(=O)NCC(C)c1ncccc1F. The Morgan fingerprint density at radius 2 is 2.53 bits per heavy atom. The van der Waals surface area contributed by atoms with Gasteiger partial charge in [-0.3, -0.25) is 9.78 Å². The highest BCUT2D eigenvalue weighted by Gasteiger charge is 2.12. The predicted molar refractivity (Wildman–Crippen MR) is 55.8 cm³/mol. The average Bonchev–Trinajstić information content (AvgIpc) is 2.26. The zero-order chi connectivity index (χ0) is 11.3. The van der Waals surface area contributed by atoms with E-state index >= 15 is 0 Å². The van der Waals surface area contributed by atoms with E-state index in [4.69, 9.17) is 0 Å². The molecule has 0 aliphatic heterocycles. The molecule has 0 fully saturated rings. The second-order valence-electron chi connectivity index (χ2n) is 3.22. The van der Waals surface area contributed by atoms with Crippen molar-refractivity contribution in [1.29, 1.82) is 0 Å². The Morgan fingerprint density at radius 1 is 1.80 bits per heavy atom. The summed E-state index contributed by atoms with van der Waals surface area (Å²) in [4.78, 5) is 14.8. The summed E-state index contributed by atoms with van der Waals surface area (Å²) >= 11 is 0. The van der Waals surface area contributed by atoms with Crippen LogP contribution in [0.3, 0.4) is 0 Å². The maximum Gasteiger partial charge on any atom is 0.243 e. The van der Waals surface area contributed by atoms with Crippen LogP contribution in [0.2, 0.25) is 0 Å². The van der Waals surface area contributed by atoms with Crippen molar-refractivity contribution in [3.8, 4) is 0 Å². The Labute approximate surface area is 88.0 Å². The van der Waals surface area contributed by atoms with Gasteiger partial charge in [-0.25, -0.2) is 4.39 Å². The van der Waals surface area contributed by atoms with E-state index in [0.29, 0.717) is 12.2 Å². The van der Waals surface area contributed by atoms with Gasteiger partial charge in [0.1, 0.15) is 5.82 Å². The topological polar surface area (TPSA) is 42.0 Å². The molecule has 0 saturated heterocycles. The number of pyridine rings is 1. The molecule has 1 rings (SSSR count). The van der Waals surface area contributed by atoms with Gasteiger partial charge in [0.2, 0.25) is 5.91 Å². The first-order valence-corrected chi connectivity index (χ1v) is 4.66. The molecule has 3 nitrogen and oxygen atoms in total. The first-order chi connectivity index (χ1) is 7.15. The third kappa shape index (κ3) is 3.16. The van der Waals surface area contributed by atoms with Crippen molar-refractivity contribution in [2.75, 3.05) is 6.54 Å². The van der Waals surface area contributed by atoms with Crippen molar-refractivity contribution in [3.05, 3.63) is 42.5 Å². The summed E-state index contributed by atoms with van der Waals surface area (Å²) in [5, 5.41) is 2.59. The largest absolute Gasteiger partial charge is 0.352 e. The molecule has 1 aromatic heterocycles.